The van der Waals surface area contributed by atoms with Crippen LogP contribution in [0.2, 0.25) is 0 Å². The number of ether oxygens (including phenoxy) is 2. The summed E-state index contributed by atoms with van der Waals surface area (Å²) >= 11 is 1.47. The van der Waals surface area contributed by atoms with Gasteiger partial charge < -0.3 is 14.5 Å². The van der Waals surface area contributed by atoms with E-state index in [0.29, 0.717) is 13.2 Å². The fourth-order valence-corrected chi connectivity index (χ4v) is 3.52. The molecule has 21 heavy (non-hydrogen) atoms. The first kappa shape index (κ1) is 12.9. The summed E-state index contributed by atoms with van der Waals surface area (Å²) in [5, 5.41) is -0.0169. The minimum Gasteiger partial charge on any atom is -0.335 e. The van der Waals surface area contributed by atoms with Gasteiger partial charge in [-0.3, -0.25) is 0 Å². The normalized spacial score (nSPS) is 17.3. The third kappa shape index (κ3) is 2.33. The van der Waals surface area contributed by atoms with E-state index in [-0.39, 0.29) is 0 Å². The van der Waals surface area contributed by atoms with Crippen molar-refractivity contribution in [2.45, 2.75) is 10.3 Å². The van der Waals surface area contributed by atoms with Gasteiger partial charge in [0, 0.05) is 5.56 Å². The van der Waals surface area contributed by atoms with Gasteiger partial charge in [-0.15, -0.1) is 0 Å². The summed E-state index contributed by atoms with van der Waals surface area (Å²) in [4.78, 5) is 7.90. The van der Waals surface area contributed by atoms with Gasteiger partial charge in [-0.05, 0) is 23.9 Å². The van der Waals surface area contributed by atoms with Crippen molar-refractivity contribution in [2.75, 3.05) is 13.2 Å². The molecule has 1 aromatic heterocycles. The van der Waals surface area contributed by atoms with Gasteiger partial charge in [0.25, 0.3) is 5.12 Å². The lowest BCUT2D eigenvalue weighted by Gasteiger charge is -2.25. The van der Waals surface area contributed by atoms with Crippen molar-refractivity contribution in [1.29, 1.82) is 0 Å². The lowest BCUT2D eigenvalue weighted by molar-refractivity contribution is -0.0817. The SMILES string of the molecule is c1ccc(C2(Sc3nc4ccccc4[nH]3)OCCO2)cc1. The molecule has 0 radical (unpaired) electrons. The van der Waals surface area contributed by atoms with Gasteiger partial charge in [-0.25, -0.2) is 4.98 Å². The Morgan fingerprint density at radius 3 is 2.43 bits per heavy atom. The number of thioether (sulfide) groups is 1. The van der Waals surface area contributed by atoms with Crippen LogP contribution in [0.5, 0.6) is 0 Å². The van der Waals surface area contributed by atoms with Crippen LogP contribution in [-0.4, -0.2) is 23.2 Å². The van der Waals surface area contributed by atoms with E-state index in [0.717, 1.165) is 21.8 Å². The summed E-state index contributed by atoms with van der Waals surface area (Å²) in [6.45, 7) is 1.17. The summed E-state index contributed by atoms with van der Waals surface area (Å²) in [6, 6.07) is 18.0. The maximum atomic E-state index is 5.91. The summed E-state index contributed by atoms with van der Waals surface area (Å²) in [6.07, 6.45) is 0. The molecule has 5 heteroatoms. The molecular weight excluding hydrogens is 284 g/mol. The molecule has 2 heterocycles. The number of nitrogens with one attached hydrogen (secondary N) is 1. The molecule has 0 bridgehead atoms. The van der Waals surface area contributed by atoms with Crippen LogP contribution in [-0.2, 0) is 14.6 Å². The molecule has 3 aromatic rings. The minimum atomic E-state index is -0.810. The molecular formula is C16H14N2O2S. The molecule has 0 aliphatic carbocycles. The molecule has 0 amide bonds. The molecule has 1 N–H and O–H groups in total. The maximum absolute atomic E-state index is 5.91. The summed E-state index contributed by atoms with van der Waals surface area (Å²) in [5.41, 5.74) is 2.95. The lowest BCUT2D eigenvalue weighted by Crippen LogP contribution is -2.22. The van der Waals surface area contributed by atoms with Gasteiger partial charge in [-0.2, -0.15) is 0 Å². The van der Waals surface area contributed by atoms with Crippen LogP contribution in [0.1, 0.15) is 5.56 Å². The van der Waals surface area contributed by atoms with Gasteiger partial charge >= 0.3 is 0 Å². The smallest absolute Gasteiger partial charge is 0.253 e. The second-order valence-electron chi connectivity index (χ2n) is 4.78. The number of hydrogen-bond donors (Lipinski definition) is 1. The Balaban J connectivity index is 1.72. The highest BCUT2D eigenvalue weighted by molar-refractivity contribution is 7.99. The highest BCUT2D eigenvalue weighted by atomic mass is 32.2. The van der Waals surface area contributed by atoms with E-state index in [1.54, 1.807) is 0 Å². The average molecular weight is 298 g/mol. The number of rotatable bonds is 3. The van der Waals surface area contributed by atoms with Crippen molar-refractivity contribution >= 4 is 22.8 Å². The number of aromatic nitrogens is 2. The van der Waals surface area contributed by atoms with Crippen molar-refractivity contribution in [3.63, 3.8) is 0 Å². The van der Waals surface area contributed by atoms with Gasteiger partial charge in [0.15, 0.2) is 5.16 Å². The number of nitrogens with zero attached hydrogens (tertiary/aromatic N) is 1. The van der Waals surface area contributed by atoms with Crippen LogP contribution < -0.4 is 0 Å². The maximum Gasteiger partial charge on any atom is 0.253 e. The van der Waals surface area contributed by atoms with Gasteiger partial charge in [0.1, 0.15) is 0 Å². The van der Waals surface area contributed by atoms with Crippen molar-refractivity contribution in [2.24, 2.45) is 0 Å². The first-order valence-corrected chi connectivity index (χ1v) is 7.65. The van der Waals surface area contributed by atoms with Crippen LogP contribution in [0.3, 0.4) is 0 Å². The molecule has 0 saturated carbocycles. The van der Waals surface area contributed by atoms with Crippen molar-refractivity contribution in [1.82, 2.24) is 9.97 Å². The molecule has 0 spiro atoms. The Kier molecular flexibility index (Phi) is 3.18. The van der Waals surface area contributed by atoms with E-state index in [4.69, 9.17) is 9.47 Å². The van der Waals surface area contributed by atoms with Crippen LogP contribution in [0, 0.1) is 0 Å². The molecule has 1 aliphatic heterocycles. The molecule has 0 unspecified atom stereocenters. The molecule has 0 atom stereocenters. The molecule has 1 aliphatic rings. The first-order chi connectivity index (χ1) is 10.4. The fraction of sp³-hybridized carbons (Fsp3) is 0.188. The number of fused-ring (bicyclic) bond motifs is 1. The largest absolute Gasteiger partial charge is 0.335 e. The number of imidazole rings is 1. The Labute approximate surface area is 126 Å². The molecule has 4 rings (SSSR count). The minimum absolute atomic E-state index is 0.585. The molecule has 4 nitrogen and oxygen atoms in total. The Morgan fingerprint density at radius 1 is 0.952 bits per heavy atom. The Morgan fingerprint density at radius 2 is 1.67 bits per heavy atom. The Hall–Kier alpha value is -1.82. The quantitative estimate of drug-likeness (QED) is 0.804. The van der Waals surface area contributed by atoms with E-state index in [1.165, 1.54) is 11.8 Å². The Bertz CT molecular complexity index is 718. The van der Waals surface area contributed by atoms with E-state index in [9.17, 15) is 0 Å². The van der Waals surface area contributed by atoms with Crippen LogP contribution in [0.25, 0.3) is 11.0 Å². The third-order valence-electron chi connectivity index (χ3n) is 3.39. The molecule has 2 aromatic carbocycles. The lowest BCUT2D eigenvalue weighted by atomic mass is 10.2. The summed E-state index contributed by atoms with van der Waals surface area (Å²) < 4.78 is 11.8. The molecule has 1 saturated heterocycles. The number of para-hydroxylation sites is 2. The number of H-pyrrole nitrogens is 1. The number of hydrogen-bond acceptors (Lipinski definition) is 4. The monoisotopic (exact) mass is 298 g/mol. The zero-order valence-electron chi connectivity index (χ0n) is 11.3. The van der Waals surface area contributed by atoms with Gasteiger partial charge in [-0.1, -0.05) is 42.5 Å². The van der Waals surface area contributed by atoms with E-state index in [1.807, 2.05) is 54.6 Å². The topological polar surface area (TPSA) is 47.1 Å². The highest BCUT2D eigenvalue weighted by Gasteiger charge is 2.41. The van der Waals surface area contributed by atoms with Crippen molar-refractivity contribution < 1.29 is 9.47 Å². The zero-order chi connectivity index (χ0) is 14.1. The molecule has 106 valence electrons. The number of benzene rings is 2. The predicted molar refractivity (Wildman–Crippen MR) is 82.0 cm³/mol. The summed E-state index contributed by atoms with van der Waals surface area (Å²) in [7, 11) is 0. The van der Waals surface area contributed by atoms with Crippen LogP contribution in [0.15, 0.2) is 59.8 Å². The highest BCUT2D eigenvalue weighted by Crippen LogP contribution is 2.45. The van der Waals surface area contributed by atoms with Gasteiger partial charge in [0.2, 0.25) is 0 Å². The predicted octanol–water partition coefficient (Wildman–Crippen LogP) is 3.51. The third-order valence-corrected chi connectivity index (χ3v) is 4.52. The van der Waals surface area contributed by atoms with Crippen molar-refractivity contribution in [3.8, 4) is 0 Å². The molecule has 1 fully saturated rings. The second kappa shape index (κ2) is 5.18. The zero-order valence-corrected chi connectivity index (χ0v) is 12.1. The second-order valence-corrected chi connectivity index (χ2v) is 5.91. The standard InChI is InChI=1S/C16H14N2O2S/c1-2-6-12(7-3-1)16(19-10-11-20-16)21-15-17-13-8-4-5-9-14(13)18-15/h1-9H,10-11H2,(H,17,18). The first-order valence-electron chi connectivity index (χ1n) is 6.83. The average Bonchev–Trinajstić information content (AvgIpc) is 3.15. The van der Waals surface area contributed by atoms with Gasteiger partial charge in [0.05, 0.1) is 24.2 Å². The van der Waals surface area contributed by atoms with Crippen LogP contribution in [0.4, 0.5) is 0 Å². The fourth-order valence-electron chi connectivity index (χ4n) is 2.43. The summed E-state index contributed by atoms with van der Waals surface area (Å²) in [5.74, 6) is 0. The van der Waals surface area contributed by atoms with Crippen molar-refractivity contribution in [3.05, 3.63) is 60.2 Å². The van der Waals surface area contributed by atoms with Crippen LogP contribution >= 0.6 is 11.8 Å². The van der Waals surface area contributed by atoms with E-state index in [2.05, 4.69) is 9.97 Å². The van der Waals surface area contributed by atoms with E-state index < -0.39 is 5.12 Å². The number of aromatic amines is 1. The van der Waals surface area contributed by atoms with E-state index >= 15 is 0 Å².